The van der Waals surface area contributed by atoms with Gasteiger partial charge in [-0.25, -0.2) is 0 Å². The zero-order valence-corrected chi connectivity index (χ0v) is 25.1. The molecule has 7 nitrogen and oxygen atoms in total. The highest BCUT2D eigenvalue weighted by atomic mass is 79.9. The van der Waals surface area contributed by atoms with E-state index in [9.17, 15) is 9.59 Å². The molecular formula is C29H27BrN2O5S2. The number of thioether (sulfide) groups is 1. The van der Waals surface area contributed by atoms with Crippen molar-refractivity contribution in [3.05, 3.63) is 86.2 Å². The molecule has 0 unspecified atom stereocenters. The molecule has 0 radical (unpaired) electrons. The van der Waals surface area contributed by atoms with Crippen LogP contribution in [0, 0.1) is 13.8 Å². The molecule has 0 aliphatic carbocycles. The fourth-order valence-corrected chi connectivity index (χ4v) is 5.61. The normalized spacial score (nSPS) is 14.1. The highest BCUT2D eigenvalue weighted by Crippen LogP contribution is 2.36. The minimum Gasteiger partial charge on any atom is -0.497 e. The average molecular weight is 628 g/mol. The van der Waals surface area contributed by atoms with Gasteiger partial charge >= 0.3 is 0 Å². The number of carbonyl (C=O) groups is 2. The van der Waals surface area contributed by atoms with Crippen molar-refractivity contribution < 1.29 is 23.8 Å². The number of carbonyl (C=O) groups excluding carboxylic acids is 2. The SMILES string of the molecule is COc1ccc(CN2C(=O)C(=Cc3ccc(OCC(=O)Nc4cc(C)c(C)cc4Br)c(OC)c3)SC2=S)cc1. The lowest BCUT2D eigenvalue weighted by molar-refractivity contribution is -0.122. The fraction of sp³-hybridized carbons (Fsp3) is 0.207. The van der Waals surface area contributed by atoms with Crippen LogP contribution >= 0.6 is 39.9 Å². The molecule has 1 fully saturated rings. The van der Waals surface area contributed by atoms with Crippen molar-refractivity contribution in [3.8, 4) is 17.2 Å². The van der Waals surface area contributed by atoms with E-state index >= 15 is 0 Å². The third-order valence-electron chi connectivity index (χ3n) is 6.08. The van der Waals surface area contributed by atoms with E-state index in [-0.39, 0.29) is 18.4 Å². The van der Waals surface area contributed by atoms with Crippen LogP contribution in [-0.4, -0.2) is 41.9 Å². The number of benzene rings is 3. The Kier molecular flexibility index (Phi) is 9.32. The lowest BCUT2D eigenvalue weighted by atomic mass is 10.1. The summed E-state index contributed by atoms with van der Waals surface area (Å²) < 4.78 is 17.7. The van der Waals surface area contributed by atoms with Crippen LogP contribution in [-0.2, 0) is 16.1 Å². The first kappa shape index (κ1) is 28.7. The first-order valence-corrected chi connectivity index (χ1v) is 14.0. The number of thiocarbonyl (C=S) groups is 1. The molecule has 3 aromatic carbocycles. The molecule has 0 atom stereocenters. The average Bonchev–Trinajstić information content (AvgIpc) is 3.18. The van der Waals surface area contributed by atoms with Crippen LogP contribution in [0.25, 0.3) is 6.08 Å². The maximum atomic E-state index is 13.1. The molecule has 0 spiro atoms. The summed E-state index contributed by atoms with van der Waals surface area (Å²) in [7, 11) is 3.13. The Morgan fingerprint density at radius 3 is 2.44 bits per heavy atom. The number of rotatable bonds is 9. The molecular weight excluding hydrogens is 600 g/mol. The Bertz CT molecular complexity index is 1460. The maximum absolute atomic E-state index is 13.1. The van der Waals surface area contributed by atoms with Crippen LogP contribution in [0.1, 0.15) is 22.3 Å². The van der Waals surface area contributed by atoms with Crippen molar-refractivity contribution in [3.63, 3.8) is 0 Å². The summed E-state index contributed by atoms with van der Waals surface area (Å²) in [5.41, 5.74) is 4.57. The fourth-order valence-electron chi connectivity index (χ4n) is 3.80. The molecule has 0 aromatic heterocycles. The Balaban J connectivity index is 1.41. The van der Waals surface area contributed by atoms with Crippen molar-refractivity contribution in [1.29, 1.82) is 0 Å². The van der Waals surface area contributed by atoms with Gasteiger partial charge in [-0.05, 0) is 94.5 Å². The number of nitrogens with one attached hydrogen (secondary N) is 1. The van der Waals surface area contributed by atoms with E-state index in [2.05, 4.69) is 21.2 Å². The number of halogens is 1. The zero-order valence-electron chi connectivity index (χ0n) is 21.9. The van der Waals surface area contributed by atoms with Gasteiger partial charge in [-0.15, -0.1) is 0 Å². The predicted molar refractivity (Wildman–Crippen MR) is 162 cm³/mol. The second kappa shape index (κ2) is 12.7. The van der Waals surface area contributed by atoms with Gasteiger partial charge in [0.25, 0.3) is 11.8 Å². The summed E-state index contributed by atoms with van der Waals surface area (Å²) in [6, 6.07) is 16.6. The van der Waals surface area contributed by atoms with Crippen LogP contribution < -0.4 is 19.5 Å². The second-order valence-electron chi connectivity index (χ2n) is 8.78. The lowest BCUT2D eigenvalue weighted by Gasteiger charge is -2.14. The largest absolute Gasteiger partial charge is 0.497 e. The topological polar surface area (TPSA) is 77.1 Å². The van der Waals surface area contributed by atoms with Gasteiger partial charge in [0, 0.05) is 4.47 Å². The zero-order chi connectivity index (χ0) is 28.1. The summed E-state index contributed by atoms with van der Waals surface area (Å²) >= 11 is 10.2. The number of nitrogens with zero attached hydrogens (tertiary/aromatic N) is 1. The van der Waals surface area contributed by atoms with E-state index in [0.29, 0.717) is 33.0 Å². The minimum atomic E-state index is -0.300. The molecule has 202 valence electrons. The van der Waals surface area contributed by atoms with Crippen molar-refractivity contribution in [2.75, 3.05) is 26.1 Å². The van der Waals surface area contributed by atoms with Crippen molar-refractivity contribution >= 4 is 67.8 Å². The van der Waals surface area contributed by atoms with Gasteiger partial charge in [-0.2, -0.15) is 0 Å². The number of anilines is 1. The van der Waals surface area contributed by atoms with Crippen LogP contribution in [0.3, 0.4) is 0 Å². The van der Waals surface area contributed by atoms with Crippen molar-refractivity contribution in [1.82, 2.24) is 4.90 Å². The van der Waals surface area contributed by atoms with E-state index in [1.807, 2.05) is 50.2 Å². The van der Waals surface area contributed by atoms with E-state index in [1.165, 1.54) is 18.9 Å². The van der Waals surface area contributed by atoms with Gasteiger partial charge in [0.15, 0.2) is 18.1 Å². The summed E-state index contributed by atoms with van der Waals surface area (Å²) in [4.78, 5) is 27.7. The van der Waals surface area contributed by atoms with E-state index in [4.69, 9.17) is 26.4 Å². The van der Waals surface area contributed by atoms with Gasteiger partial charge in [-0.1, -0.05) is 42.2 Å². The second-order valence-corrected chi connectivity index (χ2v) is 11.3. The Hall–Kier alpha value is -3.34. The molecule has 1 heterocycles. The lowest BCUT2D eigenvalue weighted by Crippen LogP contribution is -2.27. The van der Waals surface area contributed by atoms with Crippen LogP contribution in [0.15, 0.2) is 64.0 Å². The highest BCUT2D eigenvalue weighted by Gasteiger charge is 2.32. The number of aryl methyl sites for hydroxylation is 2. The van der Waals surface area contributed by atoms with E-state index in [1.54, 1.807) is 36.3 Å². The third kappa shape index (κ3) is 7.00. The molecule has 1 aliphatic heterocycles. The summed E-state index contributed by atoms with van der Waals surface area (Å²) in [6.07, 6.45) is 1.77. The minimum absolute atomic E-state index is 0.158. The molecule has 10 heteroatoms. The molecule has 39 heavy (non-hydrogen) atoms. The van der Waals surface area contributed by atoms with Crippen molar-refractivity contribution in [2.45, 2.75) is 20.4 Å². The summed E-state index contributed by atoms with van der Waals surface area (Å²) in [5.74, 6) is 1.15. The molecule has 1 aliphatic rings. The standard InChI is InChI=1S/C29H27BrN2O5S2/c1-17-11-22(30)23(12-18(17)2)31-27(33)16-37-24-10-7-20(13-25(24)36-4)14-26-28(34)32(29(38)39-26)15-19-5-8-21(35-3)9-6-19/h5-14H,15-16H2,1-4H3,(H,31,33). The van der Waals surface area contributed by atoms with Gasteiger partial charge in [-0.3, -0.25) is 14.5 Å². The van der Waals surface area contributed by atoms with Gasteiger partial charge in [0.2, 0.25) is 0 Å². The Morgan fingerprint density at radius 1 is 1.03 bits per heavy atom. The molecule has 4 rings (SSSR count). The smallest absolute Gasteiger partial charge is 0.266 e. The first-order chi connectivity index (χ1) is 18.7. The monoisotopic (exact) mass is 626 g/mol. The van der Waals surface area contributed by atoms with Crippen LogP contribution in [0.5, 0.6) is 17.2 Å². The number of hydrogen-bond acceptors (Lipinski definition) is 7. The van der Waals surface area contributed by atoms with E-state index < -0.39 is 0 Å². The summed E-state index contributed by atoms with van der Waals surface area (Å²) in [6.45, 7) is 4.18. The van der Waals surface area contributed by atoms with Crippen molar-refractivity contribution in [2.24, 2.45) is 0 Å². The highest BCUT2D eigenvalue weighted by molar-refractivity contribution is 9.10. The van der Waals surface area contributed by atoms with Gasteiger partial charge < -0.3 is 19.5 Å². The van der Waals surface area contributed by atoms with Gasteiger partial charge in [0.1, 0.15) is 10.1 Å². The molecule has 0 saturated carbocycles. The number of amides is 2. The van der Waals surface area contributed by atoms with Crippen LogP contribution in [0.4, 0.5) is 5.69 Å². The van der Waals surface area contributed by atoms with E-state index in [0.717, 1.165) is 32.5 Å². The molecule has 0 bridgehead atoms. The molecule has 2 amide bonds. The maximum Gasteiger partial charge on any atom is 0.266 e. The number of ether oxygens (including phenoxy) is 3. The quantitative estimate of drug-likeness (QED) is 0.214. The molecule has 1 saturated heterocycles. The Morgan fingerprint density at radius 2 is 1.74 bits per heavy atom. The summed E-state index contributed by atoms with van der Waals surface area (Å²) in [5, 5.41) is 2.86. The molecule has 1 N–H and O–H groups in total. The first-order valence-electron chi connectivity index (χ1n) is 11.9. The predicted octanol–water partition coefficient (Wildman–Crippen LogP) is 6.50. The van der Waals surface area contributed by atoms with Crippen LogP contribution in [0.2, 0.25) is 0 Å². The number of hydrogen-bond donors (Lipinski definition) is 1. The molecule has 3 aromatic rings. The van der Waals surface area contributed by atoms with Gasteiger partial charge in [0.05, 0.1) is 31.4 Å². The number of methoxy groups -OCH3 is 2. The third-order valence-corrected chi connectivity index (χ3v) is 8.11. The Labute approximate surface area is 245 Å².